The predicted molar refractivity (Wildman–Crippen MR) is 122 cm³/mol. The monoisotopic (exact) mass is 439 g/mol. The lowest BCUT2D eigenvalue weighted by atomic mass is 9.95. The summed E-state index contributed by atoms with van der Waals surface area (Å²) >= 11 is 0. The van der Waals surface area contributed by atoms with Crippen LogP contribution in [-0.4, -0.2) is 44.2 Å². The fourth-order valence-corrected chi connectivity index (χ4v) is 4.38. The normalized spacial score (nSPS) is 16.9. The zero-order valence-corrected chi connectivity index (χ0v) is 19.0. The van der Waals surface area contributed by atoms with E-state index in [0.29, 0.717) is 24.6 Å². The molecule has 0 spiro atoms. The number of anilines is 1. The van der Waals surface area contributed by atoms with Crippen molar-refractivity contribution >= 4 is 17.5 Å². The molecule has 2 aromatic rings. The second kappa shape index (κ2) is 9.71. The zero-order chi connectivity index (χ0) is 22.7. The topological polar surface area (TPSA) is 89.2 Å². The Morgan fingerprint density at radius 2 is 1.78 bits per heavy atom. The lowest BCUT2D eigenvalue weighted by Gasteiger charge is -2.31. The number of carbonyl (C=O) groups is 2. The van der Waals surface area contributed by atoms with E-state index in [9.17, 15) is 14.4 Å². The maximum absolute atomic E-state index is 12.7. The van der Waals surface area contributed by atoms with Crippen LogP contribution >= 0.6 is 0 Å². The van der Waals surface area contributed by atoms with Gasteiger partial charge in [-0.05, 0) is 56.2 Å². The van der Waals surface area contributed by atoms with Crippen LogP contribution in [0.25, 0.3) is 0 Å². The Balaban J connectivity index is 1.34. The van der Waals surface area contributed by atoms with Crippen LogP contribution in [-0.2, 0) is 29.6 Å². The third kappa shape index (κ3) is 5.11. The first-order valence-electron chi connectivity index (χ1n) is 11.8. The summed E-state index contributed by atoms with van der Waals surface area (Å²) in [7, 11) is 1.70. The average molecular weight is 440 g/mol. The molecule has 1 aliphatic heterocycles. The highest BCUT2D eigenvalue weighted by Gasteiger charge is 2.36. The van der Waals surface area contributed by atoms with Crippen molar-refractivity contribution in [1.29, 1.82) is 0 Å². The molecule has 8 heteroatoms. The van der Waals surface area contributed by atoms with E-state index in [0.717, 1.165) is 44.9 Å². The third-order valence-electron chi connectivity index (χ3n) is 6.52. The minimum atomic E-state index is -0.290. The van der Waals surface area contributed by atoms with Crippen LogP contribution < -0.4 is 11.0 Å². The van der Waals surface area contributed by atoms with Gasteiger partial charge in [0, 0.05) is 37.7 Å². The Labute approximate surface area is 188 Å². The number of piperidine rings is 1. The van der Waals surface area contributed by atoms with Gasteiger partial charge in [0.05, 0.1) is 0 Å². The van der Waals surface area contributed by atoms with E-state index < -0.39 is 0 Å². The van der Waals surface area contributed by atoms with E-state index >= 15 is 0 Å². The van der Waals surface area contributed by atoms with Crippen LogP contribution in [0.1, 0.15) is 62.8 Å². The van der Waals surface area contributed by atoms with E-state index in [1.54, 1.807) is 11.6 Å². The number of carbonyl (C=O) groups excluding carboxylic acids is 2. The summed E-state index contributed by atoms with van der Waals surface area (Å²) < 4.78 is 2.78. The van der Waals surface area contributed by atoms with Gasteiger partial charge in [-0.1, -0.05) is 25.5 Å². The van der Waals surface area contributed by atoms with Crippen LogP contribution in [0.4, 0.5) is 5.69 Å². The Morgan fingerprint density at radius 1 is 1.09 bits per heavy atom. The summed E-state index contributed by atoms with van der Waals surface area (Å²) in [4.78, 5) is 39.4. The molecule has 1 N–H and O–H groups in total. The first kappa shape index (κ1) is 22.3. The van der Waals surface area contributed by atoms with Crippen molar-refractivity contribution in [2.75, 3.05) is 18.4 Å². The number of amides is 2. The van der Waals surface area contributed by atoms with E-state index in [1.807, 2.05) is 29.2 Å². The Bertz CT molecular complexity index is 1010. The van der Waals surface area contributed by atoms with Crippen LogP contribution in [0, 0.1) is 5.92 Å². The zero-order valence-electron chi connectivity index (χ0n) is 19.0. The number of unbranched alkanes of at least 4 members (excludes halogenated alkanes) is 1. The number of nitrogens with one attached hydrogen (secondary N) is 1. The largest absolute Gasteiger partial charge is 0.346 e. The molecule has 172 valence electrons. The molecule has 2 fully saturated rings. The highest BCUT2D eigenvalue weighted by molar-refractivity contribution is 5.90. The molecule has 32 heavy (non-hydrogen) atoms. The molecule has 8 nitrogen and oxygen atoms in total. The first-order valence-corrected chi connectivity index (χ1v) is 11.8. The van der Waals surface area contributed by atoms with Crippen LogP contribution in [0.2, 0.25) is 0 Å². The summed E-state index contributed by atoms with van der Waals surface area (Å²) in [5.41, 5.74) is 1.68. The minimum absolute atomic E-state index is 0.121. The third-order valence-corrected chi connectivity index (χ3v) is 6.52. The minimum Gasteiger partial charge on any atom is -0.342 e. The van der Waals surface area contributed by atoms with E-state index in [-0.39, 0.29) is 35.9 Å². The fourth-order valence-electron chi connectivity index (χ4n) is 4.38. The smallest absolute Gasteiger partial charge is 0.342 e. The van der Waals surface area contributed by atoms with Gasteiger partial charge < -0.3 is 10.2 Å². The van der Waals surface area contributed by atoms with Crippen LogP contribution in [0.3, 0.4) is 0 Å². The average Bonchev–Trinajstić information content (AvgIpc) is 3.62. The maximum Gasteiger partial charge on any atom is 0.346 e. The van der Waals surface area contributed by atoms with Gasteiger partial charge in [0.15, 0.2) is 0 Å². The molecule has 0 radical (unpaired) electrons. The summed E-state index contributed by atoms with van der Waals surface area (Å²) in [6, 6.07) is 7.84. The molecule has 1 aromatic heterocycles. The van der Waals surface area contributed by atoms with Gasteiger partial charge in [-0.3, -0.25) is 14.2 Å². The van der Waals surface area contributed by atoms with Crippen molar-refractivity contribution in [2.24, 2.45) is 13.0 Å². The van der Waals surface area contributed by atoms with Gasteiger partial charge in [0.25, 0.3) is 0 Å². The molecule has 1 aliphatic carbocycles. The molecule has 0 bridgehead atoms. The van der Waals surface area contributed by atoms with Crippen LogP contribution in [0.15, 0.2) is 29.1 Å². The van der Waals surface area contributed by atoms with E-state index in [1.165, 1.54) is 10.2 Å². The molecule has 0 atom stereocenters. The Morgan fingerprint density at radius 3 is 2.41 bits per heavy atom. The number of benzene rings is 1. The number of hydrogen-bond acceptors (Lipinski definition) is 4. The molecule has 2 amide bonds. The molecule has 1 aromatic carbocycles. The SMILES string of the molecule is CCCCc1ccc(NC(=O)Cn2nc(C3CCN(C(=O)C4CC4)CC3)n(C)c2=O)cc1. The lowest BCUT2D eigenvalue weighted by Crippen LogP contribution is -2.39. The van der Waals surface area contributed by atoms with Crippen molar-refractivity contribution < 1.29 is 9.59 Å². The standard InChI is InChI=1S/C24H33N5O3/c1-3-4-5-17-6-10-20(11-7-17)25-21(30)16-29-24(32)27(2)22(26-29)18-12-14-28(15-13-18)23(31)19-8-9-19/h6-7,10-11,18-19H,3-5,8-9,12-16H2,1-2H3,(H,25,30). The summed E-state index contributed by atoms with van der Waals surface area (Å²) in [6.45, 7) is 3.45. The lowest BCUT2D eigenvalue weighted by molar-refractivity contribution is -0.133. The first-order chi connectivity index (χ1) is 15.5. The van der Waals surface area contributed by atoms with E-state index in [2.05, 4.69) is 17.3 Å². The number of hydrogen-bond donors (Lipinski definition) is 1. The summed E-state index contributed by atoms with van der Waals surface area (Å²) in [6.07, 6.45) is 6.94. The van der Waals surface area contributed by atoms with Crippen molar-refractivity contribution in [3.8, 4) is 0 Å². The molecule has 4 rings (SSSR count). The number of nitrogens with zero attached hydrogens (tertiary/aromatic N) is 4. The predicted octanol–water partition coefficient (Wildman–Crippen LogP) is 2.68. The number of likely N-dealkylation sites (tertiary alicyclic amines) is 1. The van der Waals surface area contributed by atoms with Crippen molar-refractivity contribution in [2.45, 2.75) is 64.3 Å². The molecular formula is C24H33N5O3. The molecule has 2 heterocycles. The van der Waals surface area contributed by atoms with Gasteiger partial charge in [-0.25, -0.2) is 9.48 Å². The van der Waals surface area contributed by atoms with Gasteiger partial charge in [-0.15, -0.1) is 0 Å². The van der Waals surface area contributed by atoms with Gasteiger partial charge in [-0.2, -0.15) is 5.10 Å². The van der Waals surface area contributed by atoms with Crippen molar-refractivity contribution in [3.05, 3.63) is 46.1 Å². The highest BCUT2D eigenvalue weighted by Crippen LogP contribution is 2.33. The second-order valence-electron chi connectivity index (χ2n) is 9.08. The highest BCUT2D eigenvalue weighted by atomic mass is 16.2. The Kier molecular flexibility index (Phi) is 6.77. The molecule has 0 unspecified atom stereocenters. The number of rotatable bonds is 8. The maximum atomic E-state index is 12.7. The van der Waals surface area contributed by atoms with Gasteiger partial charge >= 0.3 is 5.69 Å². The molecule has 1 saturated carbocycles. The Hall–Kier alpha value is -2.90. The van der Waals surface area contributed by atoms with Crippen molar-refractivity contribution in [3.63, 3.8) is 0 Å². The van der Waals surface area contributed by atoms with Gasteiger partial charge in [0.2, 0.25) is 11.8 Å². The van der Waals surface area contributed by atoms with Crippen molar-refractivity contribution in [1.82, 2.24) is 19.2 Å². The van der Waals surface area contributed by atoms with E-state index in [4.69, 9.17) is 0 Å². The second-order valence-corrected chi connectivity index (χ2v) is 9.08. The quantitative estimate of drug-likeness (QED) is 0.685. The summed E-state index contributed by atoms with van der Waals surface area (Å²) in [5, 5.41) is 7.33. The summed E-state index contributed by atoms with van der Waals surface area (Å²) in [5.74, 6) is 1.06. The van der Waals surface area contributed by atoms with Gasteiger partial charge in [0.1, 0.15) is 12.4 Å². The molecule has 2 aliphatic rings. The number of aromatic nitrogens is 3. The van der Waals surface area contributed by atoms with Crippen LogP contribution in [0.5, 0.6) is 0 Å². The molecular weight excluding hydrogens is 406 g/mol. The fraction of sp³-hybridized carbons (Fsp3) is 0.583. The number of aryl methyl sites for hydroxylation is 1. The molecule has 1 saturated heterocycles.